The van der Waals surface area contributed by atoms with Gasteiger partial charge in [0.25, 0.3) is 5.91 Å². The maximum atomic E-state index is 15.2. The number of methoxy groups -OCH3 is 2. The van der Waals surface area contributed by atoms with Gasteiger partial charge >= 0.3 is 0 Å². The zero-order valence-electron chi connectivity index (χ0n) is 24.4. The Balaban J connectivity index is 1.37. The molecule has 0 fully saturated rings. The van der Waals surface area contributed by atoms with Gasteiger partial charge in [0.15, 0.2) is 23.1 Å². The van der Waals surface area contributed by atoms with Gasteiger partial charge in [0.05, 0.1) is 48.5 Å². The highest BCUT2D eigenvalue weighted by molar-refractivity contribution is 6.04. The second-order valence-corrected chi connectivity index (χ2v) is 10.4. The zero-order valence-corrected chi connectivity index (χ0v) is 24.4. The van der Waals surface area contributed by atoms with Crippen molar-refractivity contribution >= 4 is 28.2 Å². The van der Waals surface area contributed by atoms with Crippen LogP contribution < -0.4 is 24.7 Å². The fourth-order valence-electron chi connectivity index (χ4n) is 4.55. The summed E-state index contributed by atoms with van der Waals surface area (Å²) in [5.41, 5.74) is 1.29. The molecule has 0 bridgehead atoms. The second kappa shape index (κ2) is 12.1. The topological polar surface area (TPSA) is 119 Å². The molecule has 1 amide bonds. The average molecular weight is 590 g/mol. The summed E-state index contributed by atoms with van der Waals surface area (Å²) in [6.07, 6.45) is 1.30. The summed E-state index contributed by atoms with van der Waals surface area (Å²) in [7, 11) is 3.02. The molecular weight excluding hydrogens is 557 g/mol. The van der Waals surface area contributed by atoms with Crippen LogP contribution >= 0.6 is 0 Å². The number of rotatable bonds is 9. The van der Waals surface area contributed by atoms with Crippen LogP contribution in [-0.4, -0.2) is 59.0 Å². The third-order valence-corrected chi connectivity index (χ3v) is 6.66. The smallest absolute Gasteiger partial charge is 0.255 e. The third kappa shape index (κ3) is 6.45. The van der Waals surface area contributed by atoms with E-state index in [1.54, 1.807) is 43.1 Å². The van der Waals surface area contributed by atoms with Gasteiger partial charge in [-0.1, -0.05) is 18.2 Å². The van der Waals surface area contributed by atoms with Gasteiger partial charge in [0.2, 0.25) is 5.88 Å². The standard InChI is InChI=1S/C31H32FN5O6/c1-19-23(16-42-37(21-9-7-6-8-10-21)36(19)17-31(2,3)39)29(38)35-20-11-12-26(24(32)13-20)43-30-22-14-27(40-4)28(41-5)15-25(22)33-18-34-30/h6-15,18,39H,16-17H2,1-5H3,(H,35,38). The molecule has 2 heterocycles. The number of anilines is 2. The monoisotopic (exact) mass is 589 g/mol. The third-order valence-electron chi connectivity index (χ3n) is 6.66. The Morgan fingerprint density at radius 3 is 2.44 bits per heavy atom. The van der Waals surface area contributed by atoms with Gasteiger partial charge in [-0.05, 0) is 51.1 Å². The van der Waals surface area contributed by atoms with Crippen LogP contribution in [0.2, 0.25) is 0 Å². The number of carbonyl (C=O) groups excluding carboxylic acids is 1. The van der Waals surface area contributed by atoms with E-state index in [-0.39, 0.29) is 30.5 Å². The number of halogens is 1. The number of benzene rings is 3. The molecule has 5 rings (SSSR count). The lowest BCUT2D eigenvalue weighted by Crippen LogP contribution is -2.52. The van der Waals surface area contributed by atoms with Crippen molar-refractivity contribution < 1.29 is 33.3 Å². The molecule has 12 heteroatoms. The fourth-order valence-corrected chi connectivity index (χ4v) is 4.55. The van der Waals surface area contributed by atoms with Crippen molar-refractivity contribution in [3.8, 4) is 23.1 Å². The molecule has 4 aromatic rings. The SMILES string of the molecule is COc1cc2ncnc(Oc3ccc(NC(=O)C4=C(C)N(CC(C)(C)O)N(c5ccccc5)OC4)cc3F)c2cc1OC. The fraction of sp³-hybridized carbons (Fsp3) is 0.258. The van der Waals surface area contributed by atoms with Crippen molar-refractivity contribution in [2.24, 2.45) is 0 Å². The number of hydrogen-bond donors (Lipinski definition) is 2. The van der Waals surface area contributed by atoms with Crippen molar-refractivity contribution in [2.75, 3.05) is 37.9 Å². The number of aromatic nitrogens is 2. The molecule has 0 atom stereocenters. The maximum Gasteiger partial charge on any atom is 0.255 e. The number of β-amino-alcohol motifs (C(OH)–C–C–N with tert-alkyl or cyclic N) is 1. The molecule has 224 valence electrons. The largest absolute Gasteiger partial charge is 0.493 e. The van der Waals surface area contributed by atoms with E-state index >= 15 is 4.39 Å². The molecule has 3 aromatic carbocycles. The van der Waals surface area contributed by atoms with E-state index < -0.39 is 17.3 Å². The van der Waals surface area contributed by atoms with E-state index in [1.807, 2.05) is 30.3 Å². The normalized spacial score (nSPS) is 13.7. The summed E-state index contributed by atoms with van der Waals surface area (Å²) in [5, 5.41) is 17.0. The highest BCUT2D eigenvalue weighted by Gasteiger charge is 2.32. The van der Waals surface area contributed by atoms with E-state index in [4.69, 9.17) is 19.0 Å². The first-order chi connectivity index (χ1) is 20.6. The van der Waals surface area contributed by atoms with Crippen LogP contribution in [0.1, 0.15) is 20.8 Å². The molecule has 0 spiro atoms. The minimum Gasteiger partial charge on any atom is -0.493 e. The first kappa shape index (κ1) is 29.5. The van der Waals surface area contributed by atoms with Gasteiger partial charge in [0.1, 0.15) is 12.9 Å². The average Bonchev–Trinajstić information content (AvgIpc) is 2.98. The molecule has 1 aromatic heterocycles. The number of nitrogens with zero attached hydrogens (tertiary/aromatic N) is 4. The van der Waals surface area contributed by atoms with Crippen molar-refractivity contribution in [2.45, 2.75) is 26.4 Å². The number of fused-ring (bicyclic) bond motifs is 1. The van der Waals surface area contributed by atoms with Crippen LogP contribution in [0, 0.1) is 5.82 Å². The highest BCUT2D eigenvalue weighted by Crippen LogP contribution is 2.36. The number of nitrogens with one attached hydrogen (secondary N) is 1. The number of para-hydroxylation sites is 1. The molecule has 1 aliphatic rings. The summed E-state index contributed by atoms with van der Waals surface area (Å²) in [6.45, 7) is 5.23. The minimum atomic E-state index is -1.10. The Labute approximate surface area is 248 Å². The Morgan fingerprint density at radius 1 is 1.05 bits per heavy atom. The molecule has 0 radical (unpaired) electrons. The van der Waals surface area contributed by atoms with E-state index in [0.29, 0.717) is 33.7 Å². The summed E-state index contributed by atoms with van der Waals surface area (Å²) in [6, 6.07) is 16.7. The van der Waals surface area contributed by atoms with Gasteiger partial charge < -0.3 is 24.6 Å². The summed E-state index contributed by atoms with van der Waals surface area (Å²) in [4.78, 5) is 27.7. The molecule has 0 saturated carbocycles. The molecule has 0 saturated heterocycles. The predicted molar refractivity (Wildman–Crippen MR) is 158 cm³/mol. The van der Waals surface area contributed by atoms with E-state index in [2.05, 4.69) is 15.3 Å². The lowest BCUT2D eigenvalue weighted by atomic mass is 10.1. The Morgan fingerprint density at radius 2 is 1.77 bits per heavy atom. The van der Waals surface area contributed by atoms with E-state index in [1.165, 1.54) is 32.7 Å². The van der Waals surface area contributed by atoms with E-state index in [9.17, 15) is 9.90 Å². The Hall–Kier alpha value is -4.94. The number of allylic oxidation sites excluding steroid dienone is 1. The first-order valence-electron chi connectivity index (χ1n) is 13.4. The van der Waals surface area contributed by atoms with Crippen LogP contribution in [0.5, 0.6) is 23.1 Å². The van der Waals surface area contributed by atoms with Crippen molar-refractivity contribution in [1.82, 2.24) is 15.0 Å². The van der Waals surface area contributed by atoms with E-state index in [0.717, 1.165) is 11.8 Å². The Bertz CT molecular complexity index is 1680. The molecule has 11 nitrogen and oxygen atoms in total. The Kier molecular flexibility index (Phi) is 8.33. The van der Waals surface area contributed by atoms with Gasteiger partial charge in [-0.3, -0.25) is 9.80 Å². The molecule has 43 heavy (non-hydrogen) atoms. The van der Waals surface area contributed by atoms with Crippen LogP contribution in [-0.2, 0) is 9.63 Å². The number of amides is 1. The number of ether oxygens (including phenoxy) is 3. The van der Waals surface area contributed by atoms with Crippen molar-refractivity contribution in [1.29, 1.82) is 0 Å². The molecular formula is C31H32FN5O6. The number of aliphatic hydroxyl groups is 1. The number of hydrogen-bond acceptors (Lipinski definition) is 10. The summed E-state index contributed by atoms with van der Waals surface area (Å²) >= 11 is 0. The van der Waals surface area contributed by atoms with Gasteiger partial charge in [0, 0.05) is 23.5 Å². The highest BCUT2D eigenvalue weighted by atomic mass is 19.1. The zero-order chi connectivity index (χ0) is 30.7. The van der Waals surface area contributed by atoms with Crippen molar-refractivity contribution in [3.63, 3.8) is 0 Å². The van der Waals surface area contributed by atoms with Crippen LogP contribution in [0.4, 0.5) is 15.8 Å². The maximum absolute atomic E-state index is 15.2. The van der Waals surface area contributed by atoms with Crippen LogP contribution in [0.15, 0.2) is 78.3 Å². The van der Waals surface area contributed by atoms with Crippen LogP contribution in [0.3, 0.4) is 0 Å². The lowest BCUT2D eigenvalue weighted by Gasteiger charge is -2.43. The summed E-state index contributed by atoms with van der Waals surface area (Å²) < 4.78 is 31.7. The summed E-state index contributed by atoms with van der Waals surface area (Å²) in [5.74, 6) is -0.236. The van der Waals surface area contributed by atoms with Gasteiger partial charge in [-0.15, -0.1) is 0 Å². The van der Waals surface area contributed by atoms with Crippen LogP contribution in [0.25, 0.3) is 10.9 Å². The molecule has 0 aliphatic carbocycles. The first-order valence-corrected chi connectivity index (χ1v) is 13.4. The molecule has 1 aliphatic heterocycles. The van der Waals surface area contributed by atoms with Crippen molar-refractivity contribution in [3.05, 3.63) is 84.1 Å². The predicted octanol–water partition coefficient (Wildman–Crippen LogP) is 5.23. The quantitative estimate of drug-likeness (QED) is 0.269. The minimum absolute atomic E-state index is 0.0341. The number of hydrazine groups is 1. The lowest BCUT2D eigenvalue weighted by molar-refractivity contribution is -0.115. The van der Waals surface area contributed by atoms with Gasteiger partial charge in [-0.25, -0.2) is 19.2 Å². The number of carbonyl (C=O) groups is 1. The van der Waals surface area contributed by atoms with Gasteiger partial charge in [-0.2, -0.15) is 5.17 Å². The second-order valence-electron chi connectivity index (χ2n) is 10.4. The molecule has 0 unspecified atom stereocenters. The molecule has 2 N–H and O–H groups in total.